The van der Waals surface area contributed by atoms with Crippen molar-refractivity contribution >= 4 is 17.8 Å². The van der Waals surface area contributed by atoms with Crippen LogP contribution >= 0.6 is 0 Å². The molecule has 1 aliphatic heterocycles. The van der Waals surface area contributed by atoms with Gasteiger partial charge in [-0.2, -0.15) is 0 Å². The Morgan fingerprint density at radius 3 is 2.33 bits per heavy atom. The van der Waals surface area contributed by atoms with Gasteiger partial charge in [-0.15, -0.1) is 0 Å². The average molecular weight is 415 g/mol. The van der Waals surface area contributed by atoms with Crippen molar-refractivity contribution in [3.63, 3.8) is 0 Å². The van der Waals surface area contributed by atoms with E-state index in [4.69, 9.17) is 0 Å². The molecule has 1 saturated carbocycles. The number of hydrogen-bond donors (Lipinski definition) is 3. The summed E-state index contributed by atoms with van der Waals surface area (Å²) in [6.07, 6.45) is 6.87. The number of carbonyl (C=O) groups excluding carboxylic acids is 3. The van der Waals surface area contributed by atoms with Crippen LogP contribution in [0.1, 0.15) is 57.4 Å². The molecule has 4 amide bonds. The zero-order valence-corrected chi connectivity index (χ0v) is 17.9. The van der Waals surface area contributed by atoms with Gasteiger partial charge < -0.3 is 10.6 Å². The minimum Gasteiger partial charge on any atom is -0.352 e. The van der Waals surface area contributed by atoms with Crippen LogP contribution in [0.2, 0.25) is 0 Å². The first-order valence-electron chi connectivity index (χ1n) is 11.2. The number of nitrogens with zero attached hydrogens (tertiary/aromatic N) is 1. The number of amides is 4. The molecule has 0 aromatic heterocycles. The van der Waals surface area contributed by atoms with Crippen molar-refractivity contribution in [2.75, 3.05) is 13.1 Å². The summed E-state index contributed by atoms with van der Waals surface area (Å²) in [5, 5.41) is 8.41. The quantitative estimate of drug-likeness (QED) is 0.667. The van der Waals surface area contributed by atoms with Crippen LogP contribution in [-0.4, -0.2) is 47.9 Å². The average Bonchev–Trinajstić information content (AvgIpc) is 2.78. The molecule has 7 nitrogen and oxygen atoms in total. The number of piperidine rings is 1. The third-order valence-electron chi connectivity index (χ3n) is 6.31. The Morgan fingerprint density at radius 1 is 1.00 bits per heavy atom. The van der Waals surface area contributed by atoms with E-state index >= 15 is 0 Å². The first kappa shape index (κ1) is 22.3. The Hall–Kier alpha value is -2.41. The Kier molecular flexibility index (Phi) is 8.25. The highest BCUT2D eigenvalue weighted by atomic mass is 16.2. The van der Waals surface area contributed by atoms with Crippen molar-refractivity contribution in [3.05, 3.63) is 35.9 Å². The van der Waals surface area contributed by atoms with Gasteiger partial charge >= 0.3 is 6.03 Å². The lowest BCUT2D eigenvalue weighted by atomic mass is 9.94. The molecular formula is C23H34N4O3. The molecule has 1 saturated heterocycles. The molecule has 164 valence electrons. The van der Waals surface area contributed by atoms with Crippen LogP contribution in [0.25, 0.3) is 0 Å². The molecule has 1 heterocycles. The molecule has 1 aromatic carbocycles. The SMILES string of the molecule is CC(C(=O)NC(=O)NC1CCCCC1)N1CCC(C(=O)NCc2ccccc2)CC1. The predicted molar refractivity (Wildman–Crippen MR) is 116 cm³/mol. The van der Waals surface area contributed by atoms with E-state index in [1.165, 1.54) is 6.42 Å². The Balaban J connectivity index is 1.37. The van der Waals surface area contributed by atoms with Crippen LogP contribution in [0, 0.1) is 5.92 Å². The lowest BCUT2D eigenvalue weighted by Crippen LogP contribution is -2.53. The number of likely N-dealkylation sites (tertiary alicyclic amines) is 1. The van der Waals surface area contributed by atoms with Crippen LogP contribution in [0.5, 0.6) is 0 Å². The second-order valence-corrected chi connectivity index (χ2v) is 8.49. The van der Waals surface area contributed by atoms with E-state index in [0.29, 0.717) is 32.5 Å². The fourth-order valence-electron chi connectivity index (χ4n) is 4.33. The summed E-state index contributed by atoms with van der Waals surface area (Å²) in [4.78, 5) is 39.1. The monoisotopic (exact) mass is 414 g/mol. The minimum atomic E-state index is -0.395. The van der Waals surface area contributed by atoms with Crippen molar-refractivity contribution < 1.29 is 14.4 Å². The van der Waals surface area contributed by atoms with Gasteiger partial charge in [0.05, 0.1) is 6.04 Å². The number of benzene rings is 1. The summed E-state index contributed by atoms with van der Waals surface area (Å²) >= 11 is 0. The first-order chi connectivity index (χ1) is 14.5. The van der Waals surface area contributed by atoms with Gasteiger partial charge in [0.1, 0.15) is 0 Å². The lowest BCUT2D eigenvalue weighted by Gasteiger charge is -2.34. The van der Waals surface area contributed by atoms with Gasteiger partial charge in [-0.05, 0) is 51.3 Å². The van der Waals surface area contributed by atoms with Crippen molar-refractivity contribution in [2.24, 2.45) is 5.92 Å². The summed E-state index contributed by atoms with van der Waals surface area (Å²) in [5.74, 6) is -0.243. The maximum absolute atomic E-state index is 12.5. The molecule has 2 fully saturated rings. The van der Waals surface area contributed by atoms with Gasteiger partial charge in [-0.25, -0.2) is 4.79 Å². The van der Waals surface area contributed by atoms with Crippen LogP contribution in [0.4, 0.5) is 4.79 Å². The van der Waals surface area contributed by atoms with Crippen molar-refractivity contribution in [3.8, 4) is 0 Å². The predicted octanol–water partition coefficient (Wildman–Crippen LogP) is 2.56. The molecule has 0 radical (unpaired) electrons. The van der Waals surface area contributed by atoms with E-state index in [-0.39, 0.29) is 23.8 Å². The molecule has 0 bridgehead atoms. The standard InChI is InChI=1S/C23H34N4O3/c1-17(21(28)26-23(30)25-20-10-6-3-7-11-20)27-14-12-19(13-15-27)22(29)24-16-18-8-4-2-5-9-18/h2,4-5,8-9,17,19-20H,3,6-7,10-16H2,1H3,(H,24,29)(H2,25,26,28,30). The van der Waals surface area contributed by atoms with E-state index in [1.54, 1.807) is 0 Å². The van der Waals surface area contributed by atoms with Gasteiger partial charge in [-0.3, -0.25) is 19.8 Å². The number of rotatable bonds is 6. The number of imide groups is 1. The van der Waals surface area contributed by atoms with E-state index in [0.717, 1.165) is 31.2 Å². The van der Waals surface area contributed by atoms with E-state index in [9.17, 15) is 14.4 Å². The summed E-state index contributed by atoms with van der Waals surface area (Å²) < 4.78 is 0. The van der Waals surface area contributed by atoms with Crippen LogP contribution < -0.4 is 16.0 Å². The summed E-state index contributed by atoms with van der Waals surface area (Å²) in [5.41, 5.74) is 1.08. The Morgan fingerprint density at radius 2 is 1.67 bits per heavy atom. The zero-order valence-electron chi connectivity index (χ0n) is 17.9. The number of carbonyl (C=O) groups is 3. The topological polar surface area (TPSA) is 90.5 Å². The maximum atomic E-state index is 12.5. The van der Waals surface area contributed by atoms with Gasteiger partial charge in [0.15, 0.2) is 0 Å². The number of nitrogens with one attached hydrogen (secondary N) is 3. The van der Waals surface area contributed by atoms with Crippen LogP contribution in [-0.2, 0) is 16.1 Å². The first-order valence-corrected chi connectivity index (χ1v) is 11.2. The maximum Gasteiger partial charge on any atom is 0.321 e. The highest BCUT2D eigenvalue weighted by Crippen LogP contribution is 2.20. The van der Waals surface area contributed by atoms with Gasteiger partial charge in [0, 0.05) is 18.5 Å². The fraction of sp³-hybridized carbons (Fsp3) is 0.609. The Labute approximate surface area is 179 Å². The van der Waals surface area contributed by atoms with Gasteiger partial charge in [0.2, 0.25) is 11.8 Å². The lowest BCUT2D eigenvalue weighted by molar-refractivity contribution is -0.128. The van der Waals surface area contributed by atoms with Gasteiger partial charge in [-0.1, -0.05) is 49.6 Å². The molecule has 30 heavy (non-hydrogen) atoms. The largest absolute Gasteiger partial charge is 0.352 e. The second kappa shape index (κ2) is 11.1. The smallest absolute Gasteiger partial charge is 0.321 e. The molecule has 2 aliphatic rings. The molecule has 3 N–H and O–H groups in total. The van der Waals surface area contributed by atoms with E-state index in [2.05, 4.69) is 16.0 Å². The van der Waals surface area contributed by atoms with Crippen LogP contribution in [0.3, 0.4) is 0 Å². The Bertz CT molecular complexity index is 710. The van der Waals surface area contributed by atoms with Crippen molar-refractivity contribution in [2.45, 2.75) is 70.5 Å². The van der Waals surface area contributed by atoms with E-state index in [1.807, 2.05) is 42.2 Å². The van der Waals surface area contributed by atoms with E-state index < -0.39 is 12.1 Å². The molecule has 7 heteroatoms. The highest BCUT2D eigenvalue weighted by molar-refractivity contribution is 5.96. The van der Waals surface area contributed by atoms with Crippen LogP contribution in [0.15, 0.2) is 30.3 Å². The number of hydrogen-bond acceptors (Lipinski definition) is 4. The summed E-state index contributed by atoms with van der Waals surface area (Å²) in [6.45, 7) is 3.69. The third kappa shape index (κ3) is 6.55. The molecule has 3 rings (SSSR count). The summed E-state index contributed by atoms with van der Waals surface area (Å²) in [6, 6.07) is 9.25. The number of urea groups is 1. The molecule has 1 atom stereocenters. The van der Waals surface area contributed by atoms with Gasteiger partial charge in [0.25, 0.3) is 0 Å². The fourth-order valence-corrected chi connectivity index (χ4v) is 4.33. The normalized spacial score (nSPS) is 19.6. The molecule has 0 spiro atoms. The van der Waals surface area contributed by atoms with Crippen molar-refractivity contribution in [1.29, 1.82) is 0 Å². The second-order valence-electron chi connectivity index (χ2n) is 8.49. The molecular weight excluding hydrogens is 380 g/mol. The third-order valence-corrected chi connectivity index (χ3v) is 6.31. The van der Waals surface area contributed by atoms with Crippen molar-refractivity contribution in [1.82, 2.24) is 20.9 Å². The summed E-state index contributed by atoms with van der Waals surface area (Å²) in [7, 11) is 0. The zero-order chi connectivity index (χ0) is 21.3. The molecule has 1 aliphatic carbocycles. The molecule has 1 unspecified atom stereocenters. The highest BCUT2D eigenvalue weighted by Gasteiger charge is 2.30. The molecule has 1 aromatic rings. The minimum absolute atomic E-state index is 0.0326.